The Bertz CT molecular complexity index is 501. The second-order valence-electron chi connectivity index (χ2n) is 5.36. The summed E-state index contributed by atoms with van der Waals surface area (Å²) in [5.74, 6) is 0.0370. The van der Waals surface area contributed by atoms with Gasteiger partial charge < -0.3 is 15.0 Å². The van der Waals surface area contributed by atoms with Crippen LogP contribution in [0.2, 0.25) is 0 Å². The van der Waals surface area contributed by atoms with E-state index in [2.05, 4.69) is 29.3 Å². The Morgan fingerprint density at radius 3 is 3.05 bits per heavy atom. The van der Waals surface area contributed by atoms with Gasteiger partial charge in [0.1, 0.15) is 0 Å². The van der Waals surface area contributed by atoms with Crippen molar-refractivity contribution in [1.29, 1.82) is 0 Å². The van der Waals surface area contributed by atoms with E-state index in [1.807, 2.05) is 13.0 Å². The zero-order valence-corrected chi connectivity index (χ0v) is 11.5. The number of carbonyl (C=O) groups excluding carboxylic acids is 1. The topological polar surface area (TPSA) is 41.6 Å². The smallest absolute Gasteiger partial charge is 0.232 e. The number of aryl methyl sites for hydroxylation is 1. The summed E-state index contributed by atoms with van der Waals surface area (Å²) in [6.07, 6.45) is 1.06. The lowest BCUT2D eigenvalue weighted by atomic mass is 10.0. The zero-order chi connectivity index (χ0) is 13.4. The Kier molecular flexibility index (Phi) is 3.19. The lowest BCUT2D eigenvalue weighted by Gasteiger charge is -2.31. The number of nitrogens with one attached hydrogen (secondary N) is 1. The third kappa shape index (κ3) is 2.00. The fourth-order valence-electron chi connectivity index (χ4n) is 3.08. The standard InChI is InChI=1S/C15H20N2O2/c1-3-7-17-12-6-4-5-10(2)14(12)16-15(18)11-8-19-9-13(11)17/h4-6,11,13H,3,7-9H2,1-2H3,(H,16,18). The van der Waals surface area contributed by atoms with Crippen LogP contribution in [0.15, 0.2) is 18.2 Å². The van der Waals surface area contributed by atoms with Gasteiger partial charge in [-0.15, -0.1) is 0 Å². The molecule has 2 unspecified atom stereocenters. The summed E-state index contributed by atoms with van der Waals surface area (Å²) in [5, 5.41) is 3.09. The van der Waals surface area contributed by atoms with Crippen LogP contribution in [0.4, 0.5) is 11.4 Å². The Hall–Kier alpha value is -1.55. The molecule has 2 aliphatic heterocycles. The number of nitrogens with zero attached hydrogens (tertiary/aromatic N) is 1. The van der Waals surface area contributed by atoms with Crippen molar-refractivity contribution in [3.05, 3.63) is 23.8 Å². The predicted octanol–water partition coefficient (Wildman–Crippen LogP) is 2.18. The van der Waals surface area contributed by atoms with E-state index in [1.165, 1.54) is 0 Å². The molecule has 1 amide bonds. The summed E-state index contributed by atoms with van der Waals surface area (Å²) in [4.78, 5) is 14.7. The number of benzene rings is 1. The largest absolute Gasteiger partial charge is 0.378 e. The number of ether oxygens (including phenoxy) is 1. The minimum atomic E-state index is -0.0571. The van der Waals surface area contributed by atoms with Crippen LogP contribution in [-0.4, -0.2) is 31.7 Å². The van der Waals surface area contributed by atoms with E-state index in [9.17, 15) is 4.79 Å². The molecular weight excluding hydrogens is 240 g/mol. The normalized spacial score (nSPS) is 25.6. The molecule has 1 saturated heterocycles. The molecule has 102 valence electrons. The maximum atomic E-state index is 12.3. The molecule has 0 saturated carbocycles. The van der Waals surface area contributed by atoms with Crippen molar-refractivity contribution in [2.45, 2.75) is 26.3 Å². The maximum absolute atomic E-state index is 12.3. The highest BCUT2D eigenvalue weighted by molar-refractivity contribution is 5.99. The molecule has 0 radical (unpaired) electrons. The number of fused-ring (bicyclic) bond motifs is 2. The Labute approximate surface area is 113 Å². The first kappa shape index (κ1) is 12.5. The summed E-state index contributed by atoms with van der Waals surface area (Å²) in [6.45, 7) is 6.34. The van der Waals surface area contributed by atoms with Crippen LogP contribution in [0.5, 0.6) is 0 Å². The summed E-state index contributed by atoms with van der Waals surface area (Å²) in [7, 11) is 0. The van der Waals surface area contributed by atoms with E-state index >= 15 is 0 Å². The van der Waals surface area contributed by atoms with Crippen molar-refractivity contribution in [2.24, 2.45) is 5.92 Å². The van der Waals surface area contributed by atoms with Gasteiger partial charge in [0.05, 0.1) is 36.5 Å². The highest BCUT2D eigenvalue weighted by Crippen LogP contribution is 2.37. The molecular formula is C15H20N2O2. The molecule has 3 rings (SSSR count). The highest BCUT2D eigenvalue weighted by atomic mass is 16.5. The van der Waals surface area contributed by atoms with Gasteiger partial charge in [-0.3, -0.25) is 4.79 Å². The number of anilines is 2. The second kappa shape index (κ2) is 4.85. The molecule has 1 N–H and O–H groups in total. The molecule has 2 atom stereocenters. The highest BCUT2D eigenvalue weighted by Gasteiger charge is 2.41. The number of hydrogen-bond acceptors (Lipinski definition) is 3. The summed E-state index contributed by atoms with van der Waals surface area (Å²) >= 11 is 0. The van der Waals surface area contributed by atoms with E-state index in [4.69, 9.17) is 4.74 Å². The van der Waals surface area contributed by atoms with E-state index in [0.29, 0.717) is 13.2 Å². The molecule has 2 heterocycles. The molecule has 19 heavy (non-hydrogen) atoms. The number of rotatable bonds is 2. The Balaban J connectivity index is 2.10. The quantitative estimate of drug-likeness (QED) is 0.886. The molecule has 0 bridgehead atoms. The molecule has 0 aromatic heterocycles. The molecule has 0 spiro atoms. The first-order chi connectivity index (χ1) is 9.22. The fraction of sp³-hybridized carbons (Fsp3) is 0.533. The number of amides is 1. The molecule has 1 aromatic carbocycles. The summed E-state index contributed by atoms with van der Waals surface area (Å²) in [6, 6.07) is 6.36. The van der Waals surface area contributed by atoms with Crippen LogP contribution in [0.25, 0.3) is 0 Å². The zero-order valence-electron chi connectivity index (χ0n) is 11.5. The van der Waals surface area contributed by atoms with Gasteiger partial charge in [-0.25, -0.2) is 0 Å². The number of para-hydroxylation sites is 1. The minimum Gasteiger partial charge on any atom is -0.378 e. The molecule has 1 aromatic rings. The third-order valence-corrected chi connectivity index (χ3v) is 4.06. The van der Waals surface area contributed by atoms with Gasteiger partial charge in [-0.2, -0.15) is 0 Å². The lowest BCUT2D eigenvalue weighted by Crippen LogP contribution is -2.42. The van der Waals surface area contributed by atoms with Crippen LogP contribution in [0, 0.1) is 12.8 Å². The lowest BCUT2D eigenvalue weighted by molar-refractivity contribution is -0.120. The van der Waals surface area contributed by atoms with Gasteiger partial charge in [-0.1, -0.05) is 19.1 Å². The van der Waals surface area contributed by atoms with Crippen LogP contribution < -0.4 is 10.2 Å². The van der Waals surface area contributed by atoms with E-state index < -0.39 is 0 Å². The van der Waals surface area contributed by atoms with Gasteiger partial charge in [0, 0.05) is 6.54 Å². The second-order valence-corrected chi connectivity index (χ2v) is 5.36. The van der Waals surface area contributed by atoms with E-state index in [-0.39, 0.29) is 17.9 Å². The van der Waals surface area contributed by atoms with Crippen molar-refractivity contribution < 1.29 is 9.53 Å². The van der Waals surface area contributed by atoms with E-state index in [1.54, 1.807) is 0 Å². The minimum absolute atomic E-state index is 0.0571. The van der Waals surface area contributed by atoms with Gasteiger partial charge in [0.2, 0.25) is 5.91 Å². The van der Waals surface area contributed by atoms with Crippen molar-refractivity contribution >= 4 is 17.3 Å². The number of hydrogen-bond donors (Lipinski definition) is 1. The SMILES string of the molecule is CCCN1c2cccc(C)c2NC(=O)C2COCC21. The number of carbonyl (C=O) groups is 1. The van der Waals surface area contributed by atoms with Gasteiger partial charge in [0.15, 0.2) is 0 Å². The first-order valence-corrected chi connectivity index (χ1v) is 6.97. The van der Waals surface area contributed by atoms with E-state index in [0.717, 1.165) is 29.9 Å². The first-order valence-electron chi connectivity index (χ1n) is 6.97. The van der Waals surface area contributed by atoms with Crippen LogP contribution in [-0.2, 0) is 9.53 Å². The van der Waals surface area contributed by atoms with Gasteiger partial charge in [0.25, 0.3) is 0 Å². The third-order valence-electron chi connectivity index (χ3n) is 4.06. The van der Waals surface area contributed by atoms with Crippen LogP contribution in [0.3, 0.4) is 0 Å². The van der Waals surface area contributed by atoms with Crippen molar-refractivity contribution in [2.75, 3.05) is 30.0 Å². The average molecular weight is 260 g/mol. The summed E-state index contributed by atoms with van der Waals surface area (Å²) < 4.78 is 5.54. The predicted molar refractivity (Wildman–Crippen MR) is 75.5 cm³/mol. The molecule has 4 nitrogen and oxygen atoms in total. The van der Waals surface area contributed by atoms with Gasteiger partial charge in [-0.05, 0) is 25.0 Å². The Morgan fingerprint density at radius 2 is 2.26 bits per heavy atom. The van der Waals surface area contributed by atoms with Crippen molar-refractivity contribution in [3.63, 3.8) is 0 Å². The maximum Gasteiger partial charge on any atom is 0.232 e. The molecule has 1 fully saturated rings. The van der Waals surface area contributed by atoms with Gasteiger partial charge >= 0.3 is 0 Å². The fourth-order valence-corrected chi connectivity index (χ4v) is 3.08. The summed E-state index contributed by atoms with van der Waals surface area (Å²) in [5.41, 5.74) is 3.22. The average Bonchev–Trinajstić information content (AvgIpc) is 2.84. The Morgan fingerprint density at radius 1 is 1.42 bits per heavy atom. The monoisotopic (exact) mass is 260 g/mol. The van der Waals surface area contributed by atoms with Crippen molar-refractivity contribution in [1.82, 2.24) is 0 Å². The molecule has 0 aliphatic carbocycles. The molecule has 2 aliphatic rings. The molecule has 4 heteroatoms. The van der Waals surface area contributed by atoms with Crippen LogP contribution in [0.1, 0.15) is 18.9 Å². The van der Waals surface area contributed by atoms with Crippen LogP contribution >= 0.6 is 0 Å². The van der Waals surface area contributed by atoms with Crippen molar-refractivity contribution in [3.8, 4) is 0 Å².